The van der Waals surface area contributed by atoms with Gasteiger partial charge in [-0.25, -0.2) is 0 Å². The topological polar surface area (TPSA) is 149 Å². The number of hydrogen-bond acceptors (Lipinski definition) is 9. The van der Waals surface area contributed by atoms with E-state index in [9.17, 15) is 30.6 Å². The van der Waals surface area contributed by atoms with Gasteiger partial charge in [-0.05, 0) is 79.4 Å². The molecule has 9 heteroatoms. The van der Waals surface area contributed by atoms with Crippen molar-refractivity contribution < 1.29 is 44.8 Å². The van der Waals surface area contributed by atoms with Crippen LogP contribution in [0.1, 0.15) is 86.5 Å². The average molecular weight is 635 g/mol. The third-order valence-corrected chi connectivity index (χ3v) is 16.2. The van der Waals surface area contributed by atoms with Gasteiger partial charge in [0, 0.05) is 22.2 Å². The van der Waals surface area contributed by atoms with Gasteiger partial charge in [0.25, 0.3) is 0 Å². The number of fused-ring (bicyclic) bond motifs is 4. The molecule has 0 aromatic carbocycles. The van der Waals surface area contributed by atoms with E-state index in [1.165, 1.54) is 0 Å². The Labute approximate surface area is 268 Å². The third kappa shape index (κ3) is 3.88. The van der Waals surface area contributed by atoms with Gasteiger partial charge >= 0.3 is 0 Å². The minimum atomic E-state index is -1.51. The third-order valence-electron chi connectivity index (χ3n) is 16.2. The highest BCUT2D eigenvalue weighted by molar-refractivity contribution is 5.36. The lowest BCUT2D eigenvalue weighted by Gasteiger charge is -2.73. The van der Waals surface area contributed by atoms with Crippen LogP contribution >= 0.6 is 0 Å². The zero-order valence-electron chi connectivity index (χ0n) is 28.1. The Morgan fingerprint density at radius 3 is 2.31 bits per heavy atom. The molecule has 7 aliphatic rings. The Balaban J connectivity index is 1.23. The number of allylic oxidation sites excluding steroid dienone is 1. The summed E-state index contributed by atoms with van der Waals surface area (Å²) in [5, 5.41) is 64.3. The molecule has 0 radical (unpaired) electrons. The van der Waals surface area contributed by atoms with E-state index in [4.69, 9.17) is 14.2 Å². The monoisotopic (exact) mass is 634 g/mol. The standard InChI is InChI=1S/C36H58O9/c1-19-7-13-35-18-43-36(29(35)20(19)2)14-9-23-31(3)11-10-25(45-30-28(42)27(41)26(40)21(16-37)44-30)32(4,17-38)22(31)8-12-33(23,5)34(36,6)15-24(35)39/h9,14,19-30,37-42H,7-8,10-13,15-18H2,1-6H3. The van der Waals surface area contributed by atoms with Crippen molar-refractivity contribution in [1.82, 2.24) is 0 Å². The highest BCUT2D eigenvalue weighted by Gasteiger charge is 2.79. The molecular formula is C36H58O9. The molecule has 7 rings (SSSR count). The van der Waals surface area contributed by atoms with E-state index >= 15 is 0 Å². The van der Waals surface area contributed by atoms with Gasteiger partial charge in [0.15, 0.2) is 6.29 Å². The van der Waals surface area contributed by atoms with Crippen LogP contribution in [0.4, 0.5) is 0 Å². The molecule has 256 valence electrons. The minimum Gasteiger partial charge on any atom is -0.396 e. The summed E-state index contributed by atoms with van der Waals surface area (Å²) in [5.41, 5.74) is -1.79. The van der Waals surface area contributed by atoms with E-state index in [2.05, 4.69) is 53.7 Å². The number of rotatable bonds is 4. The zero-order chi connectivity index (χ0) is 32.5. The van der Waals surface area contributed by atoms with Crippen LogP contribution in [0.25, 0.3) is 0 Å². The predicted molar refractivity (Wildman–Crippen MR) is 166 cm³/mol. The van der Waals surface area contributed by atoms with Gasteiger partial charge < -0.3 is 44.8 Å². The van der Waals surface area contributed by atoms with Crippen molar-refractivity contribution in [1.29, 1.82) is 0 Å². The predicted octanol–water partition coefficient (Wildman–Crippen LogP) is 2.78. The van der Waals surface area contributed by atoms with Crippen molar-refractivity contribution >= 4 is 0 Å². The van der Waals surface area contributed by atoms with Crippen molar-refractivity contribution in [2.24, 2.45) is 56.7 Å². The summed E-state index contributed by atoms with van der Waals surface area (Å²) in [6.07, 6.45) is 3.54. The van der Waals surface area contributed by atoms with Gasteiger partial charge in [0.05, 0.1) is 37.6 Å². The second kappa shape index (κ2) is 10.4. The molecule has 5 aliphatic carbocycles. The summed E-state index contributed by atoms with van der Waals surface area (Å²) in [6.45, 7) is 14.1. The molecule has 0 aromatic rings. The van der Waals surface area contributed by atoms with Gasteiger partial charge in [-0.2, -0.15) is 0 Å². The molecule has 18 unspecified atom stereocenters. The zero-order valence-corrected chi connectivity index (χ0v) is 28.1. The average Bonchev–Trinajstić information content (AvgIpc) is 3.32. The van der Waals surface area contributed by atoms with Gasteiger partial charge in [-0.1, -0.05) is 53.7 Å². The lowest BCUT2D eigenvalue weighted by Crippen LogP contribution is -2.73. The normalized spacial score (nSPS) is 62.0. The molecule has 0 amide bonds. The molecular weight excluding hydrogens is 576 g/mol. The smallest absolute Gasteiger partial charge is 0.186 e. The van der Waals surface area contributed by atoms with E-state index < -0.39 is 60.5 Å². The summed E-state index contributed by atoms with van der Waals surface area (Å²) in [5.74, 6) is 1.64. The number of ether oxygens (including phenoxy) is 3. The highest BCUT2D eigenvalue weighted by atomic mass is 16.7. The molecule has 9 nitrogen and oxygen atoms in total. The molecule has 0 aromatic heterocycles. The van der Waals surface area contributed by atoms with Crippen LogP contribution in [-0.2, 0) is 14.2 Å². The first-order valence-electron chi connectivity index (χ1n) is 17.7. The van der Waals surface area contributed by atoms with Crippen LogP contribution < -0.4 is 0 Å². The van der Waals surface area contributed by atoms with Crippen molar-refractivity contribution in [2.45, 2.75) is 135 Å². The molecule has 6 N–H and O–H groups in total. The van der Waals surface area contributed by atoms with Crippen molar-refractivity contribution in [3.63, 3.8) is 0 Å². The molecule has 2 saturated heterocycles. The van der Waals surface area contributed by atoms with E-state index in [0.29, 0.717) is 24.9 Å². The Hall–Kier alpha value is -0.620. The first-order chi connectivity index (χ1) is 21.1. The second-order valence-corrected chi connectivity index (χ2v) is 17.6. The van der Waals surface area contributed by atoms with E-state index in [1.54, 1.807) is 0 Å². The van der Waals surface area contributed by atoms with E-state index in [1.807, 2.05) is 0 Å². The summed E-state index contributed by atoms with van der Waals surface area (Å²) < 4.78 is 19.2. The van der Waals surface area contributed by atoms with Gasteiger partial charge in [-0.3, -0.25) is 0 Å². The first-order valence-corrected chi connectivity index (χ1v) is 17.7. The lowest BCUT2D eigenvalue weighted by molar-refractivity contribution is -0.334. The Bertz CT molecular complexity index is 1200. The summed E-state index contributed by atoms with van der Waals surface area (Å²) in [4.78, 5) is 0. The fourth-order valence-electron chi connectivity index (χ4n) is 13.2. The van der Waals surface area contributed by atoms with Crippen molar-refractivity contribution in [2.75, 3.05) is 19.8 Å². The van der Waals surface area contributed by atoms with Gasteiger partial charge in [-0.15, -0.1) is 0 Å². The maximum absolute atomic E-state index is 12.1. The maximum atomic E-state index is 12.1. The lowest BCUT2D eigenvalue weighted by atomic mass is 9.31. The molecule has 2 bridgehead atoms. The van der Waals surface area contributed by atoms with Crippen LogP contribution in [0.3, 0.4) is 0 Å². The highest BCUT2D eigenvalue weighted by Crippen LogP contribution is 2.79. The molecule has 6 fully saturated rings. The number of aliphatic hydroxyl groups excluding tert-OH is 6. The van der Waals surface area contributed by atoms with Crippen LogP contribution in [0.2, 0.25) is 0 Å². The molecule has 45 heavy (non-hydrogen) atoms. The summed E-state index contributed by atoms with van der Waals surface area (Å²) >= 11 is 0. The van der Waals surface area contributed by atoms with Crippen LogP contribution in [0, 0.1) is 56.7 Å². The molecule has 1 spiro atoms. The quantitative estimate of drug-likeness (QED) is 0.203. The Kier molecular flexibility index (Phi) is 7.64. The van der Waals surface area contributed by atoms with Crippen LogP contribution in [0.15, 0.2) is 12.2 Å². The van der Waals surface area contributed by atoms with Crippen LogP contribution in [0.5, 0.6) is 0 Å². The molecule has 18 atom stereocenters. The molecule has 4 saturated carbocycles. The molecule has 2 aliphatic heterocycles. The van der Waals surface area contributed by atoms with Gasteiger partial charge in [0.2, 0.25) is 0 Å². The number of hydrogen-bond donors (Lipinski definition) is 6. The SMILES string of the molecule is CC1CCC23COC4(C=CC5C6(C)CCC(OC7OC(CO)C(O)C(O)C7O)C(C)(CO)C6CCC5(C)C4(C)CC2O)C3C1C. The minimum absolute atomic E-state index is 0.102. The fourth-order valence-corrected chi connectivity index (χ4v) is 13.2. The van der Waals surface area contributed by atoms with E-state index in [0.717, 1.165) is 38.5 Å². The molecule has 2 heterocycles. The van der Waals surface area contributed by atoms with E-state index in [-0.39, 0.29) is 46.0 Å². The summed E-state index contributed by atoms with van der Waals surface area (Å²) in [7, 11) is 0. The fraction of sp³-hybridized carbons (Fsp3) is 0.944. The van der Waals surface area contributed by atoms with Crippen LogP contribution in [-0.4, -0.2) is 99.0 Å². The Morgan fingerprint density at radius 2 is 1.62 bits per heavy atom. The van der Waals surface area contributed by atoms with Gasteiger partial charge in [0.1, 0.15) is 24.4 Å². The van der Waals surface area contributed by atoms with Crippen molar-refractivity contribution in [3.8, 4) is 0 Å². The summed E-state index contributed by atoms with van der Waals surface area (Å²) in [6, 6.07) is 0. The first kappa shape index (κ1) is 32.9. The maximum Gasteiger partial charge on any atom is 0.186 e. The Morgan fingerprint density at radius 1 is 0.889 bits per heavy atom. The number of aliphatic hydroxyl groups is 6. The largest absolute Gasteiger partial charge is 0.396 e. The van der Waals surface area contributed by atoms with Crippen molar-refractivity contribution in [3.05, 3.63) is 12.2 Å². The second-order valence-electron chi connectivity index (χ2n) is 17.6.